The largest absolute Gasteiger partial charge is 0.289 e. The zero-order chi connectivity index (χ0) is 10.0. The lowest BCUT2D eigenvalue weighted by molar-refractivity contribution is 0.102. The molecule has 1 nitrogen and oxygen atoms in total. The van der Waals surface area contributed by atoms with Gasteiger partial charge >= 0.3 is 0 Å². The van der Waals surface area contributed by atoms with Gasteiger partial charge in [0, 0.05) is 0 Å². The summed E-state index contributed by atoms with van der Waals surface area (Å²) in [5, 5.41) is 0. The molecule has 0 bridgehead atoms. The first-order chi connectivity index (χ1) is 6.04. The van der Waals surface area contributed by atoms with Crippen molar-refractivity contribution in [2.45, 2.75) is 6.92 Å². The molecule has 0 aliphatic carbocycles. The topological polar surface area (TPSA) is 17.1 Å². The monoisotopic (exact) mass is 182 g/mol. The molecule has 0 spiro atoms. The lowest BCUT2D eigenvalue weighted by atomic mass is 10.1. The Balaban J connectivity index is 3.28. The minimum atomic E-state index is -0.854. The molecule has 13 heavy (non-hydrogen) atoms. The molecule has 0 fully saturated rings. The minimum Gasteiger partial charge on any atom is -0.289 e. The number of ketones is 1. The van der Waals surface area contributed by atoms with Crippen molar-refractivity contribution in [3.63, 3.8) is 0 Å². The van der Waals surface area contributed by atoms with Crippen LogP contribution in [0.3, 0.4) is 0 Å². The number of benzene rings is 1. The highest BCUT2D eigenvalue weighted by molar-refractivity contribution is 6.08. The molecule has 3 heteroatoms. The molecule has 0 saturated carbocycles. The van der Waals surface area contributed by atoms with Gasteiger partial charge in [-0.2, -0.15) is 0 Å². The summed E-state index contributed by atoms with van der Waals surface area (Å²) in [6, 6.07) is 3.29. The van der Waals surface area contributed by atoms with Crippen LogP contribution >= 0.6 is 0 Å². The van der Waals surface area contributed by atoms with Crippen LogP contribution in [0.4, 0.5) is 8.78 Å². The number of Topliss-reactive ketones (excluding diaryl/α,β-unsaturated/α-hetero) is 1. The van der Waals surface area contributed by atoms with Crippen LogP contribution in [0.5, 0.6) is 0 Å². The van der Waals surface area contributed by atoms with Crippen molar-refractivity contribution in [2.24, 2.45) is 0 Å². The Bertz CT molecular complexity index is 349. The van der Waals surface area contributed by atoms with E-state index in [0.29, 0.717) is 0 Å². The van der Waals surface area contributed by atoms with Crippen LogP contribution in [0.1, 0.15) is 17.3 Å². The zero-order valence-corrected chi connectivity index (χ0v) is 7.10. The van der Waals surface area contributed by atoms with Gasteiger partial charge in [-0.25, -0.2) is 8.78 Å². The van der Waals surface area contributed by atoms with Gasteiger partial charge in [-0.1, -0.05) is 12.6 Å². The summed E-state index contributed by atoms with van der Waals surface area (Å²) in [5.41, 5.74) is -0.418. The predicted molar refractivity (Wildman–Crippen MR) is 45.5 cm³/mol. The Morgan fingerprint density at radius 1 is 1.31 bits per heavy atom. The molecule has 0 N–H and O–H groups in total. The van der Waals surface area contributed by atoms with Gasteiger partial charge in [-0.05, 0) is 24.6 Å². The number of carbonyl (C=O) groups is 1. The number of hydrogen-bond acceptors (Lipinski definition) is 1. The molecular weight excluding hydrogens is 174 g/mol. The summed E-state index contributed by atoms with van der Waals surface area (Å²) in [4.78, 5) is 11.2. The molecule has 0 aliphatic heterocycles. The summed E-state index contributed by atoms with van der Waals surface area (Å²) in [7, 11) is 0. The maximum Gasteiger partial charge on any atom is 0.194 e. The molecule has 1 aromatic carbocycles. The molecule has 0 aliphatic rings. The first-order valence-electron chi connectivity index (χ1n) is 3.68. The van der Waals surface area contributed by atoms with Crippen molar-refractivity contribution in [1.82, 2.24) is 0 Å². The van der Waals surface area contributed by atoms with Crippen LogP contribution in [-0.4, -0.2) is 5.78 Å². The predicted octanol–water partition coefficient (Wildman–Crippen LogP) is 2.72. The summed E-state index contributed by atoms with van der Waals surface area (Å²) < 4.78 is 25.9. The highest BCUT2D eigenvalue weighted by Gasteiger charge is 2.16. The van der Waals surface area contributed by atoms with Gasteiger partial charge in [0.2, 0.25) is 0 Å². The second-order valence-corrected chi connectivity index (χ2v) is 2.71. The number of carbonyl (C=O) groups excluding carboxylic acids is 1. The van der Waals surface area contributed by atoms with E-state index in [1.165, 1.54) is 13.0 Å². The average Bonchev–Trinajstić information content (AvgIpc) is 2.03. The molecule has 0 heterocycles. The quantitative estimate of drug-likeness (QED) is 0.507. The van der Waals surface area contributed by atoms with Crippen molar-refractivity contribution < 1.29 is 13.6 Å². The van der Waals surface area contributed by atoms with Crippen LogP contribution in [0, 0.1) is 11.6 Å². The highest BCUT2D eigenvalue weighted by Crippen LogP contribution is 2.15. The SMILES string of the molecule is C=C(C)C(=O)c1c(F)cccc1F. The Morgan fingerprint density at radius 3 is 2.15 bits per heavy atom. The van der Waals surface area contributed by atoms with Crippen LogP contribution < -0.4 is 0 Å². The van der Waals surface area contributed by atoms with E-state index in [0.717, 1.165) is 12.1 Å². The van der Waals surface area contributed by atoms with E-state index in [1.54, 1.807) is 0 Å². The summed E-state index contributed by atoms with van der Waals surface area (Å²) in [5.74, 6) is -2.41. The number of halogens is 2. The Morgan fingerprint density at radius 2 is 1.77 bits per heavy atom. The van der Waals surface area contributed by atoms with Crippen molar-refractivity contribution >= 4 is 5.78 Å². The standard InChI is InChI=1S/C10H8F2O/c1-6(2)10(13)9-7(11)4-3-5-8(9)12/h3-5H,1H2,2H3. The summed E-state index contributed by atoms with van der Waals surface area (Å²) in [6.07, 6.45) is 0. The van der Waals surface area contributed by atoms with Crippen LogP contribution in [0.2, 0.25) is 0 Å². The summed E-state index contributed by atoms with van der Waals surface area (Å²) >= 11 is 0. The molecule has 0 aromatic heterocycles. The van der Waals surface area contributed by atoms with Crippen molar-refractivity contribution in [2.75, 3.05) is 0 Å². The molecule has 0 saturated heterocycles. The third kappa shape index (κ3) is 1.80. The van der Waals surface area contributed by atoms with Crippen LogP contribution in [0.15, 0.2) is 30.4 Å². The molecule has 0 unspecified atom stereocenters. The van der Waals surface area contributed by atoms with E-state index in [9.17, 15) is 13.6 Å². The summed E-state index contributed by atoms with van der Waals surface area (Å²) in [6.45, 7) is 4.74. The minimum absolute atomic E-state index is 0.115. The van der Waals surface area contributed by atoms with E-state index in [1.807, 2.05) is 0 Å². The molecular formula is C10H8F2O. The number of hydrogen-bond donors (Lipinski definition) is 0. The Kier molecular flexibility index (Phi) is 2.56. The van der Waals surface area contributed by atoms with Crippen molar-refractivity contribution in [1.29, 1.82) is 0 Å². The van der Waals surface area contributed by atoms with Crippen molar-refractivity contribution in [3.05, 3.63) is 47.5 Å². The first-order valence-corrected chi connectivity index (χ1v) is 3.68. The number of allylic oxidation sites excluding steroid dienone is 1. The van der Waals surface area contributed by atoms with Gasteiger partial charge in [0.15, 0.2) is 5.78 Å². The first kappa shape index (κ1) is 9.58. The molecule has 1 rings (SSSR count). The fraction of sp³-hybridized carbons (Fsp3) is 0.100. The molecule has 0 amide bonds. The maximum absolute atomic E-state index is 13.0. The smallest absolute Gasteiger partial charge is 0.194 e. The highest BCUT2D eigenvalue weighted by atomic mass is 19.1. The second kappa shape index (κ2) is 3.47. The van der Waals surface area contributed by atoms with Crippen molar-refractivity contribution in [3.8, 4) is 0 Å². The van der Waals surface area contributed by atoms with E-state index in [4.69, 9.17) is 0 Å². The van der Waals surface area contributed by atoms with E-state index >= 15 is 0 Å². The lowest BCUT2D eigenvalue weighted by Gasteiger charge is -2.02. The van der Waals surface area contributed by atoms with Crippen LogP contribution in [-0.2, 0) is 0 Å². The van der Waals surface area contributed by atoms with Crippen LogP contribution in [0.25, 0.3) is 0 Å². The third-order valence-corrected chi connectivity index (χ3v) is 1.58. The Hall–Kier alpha value is -1.51. The molecule has 68 valence electrons. The molecule has 0 atom stereocenters. The maximum atomic E-state index is 13.0. The van der Waals surface area contributed by atoms with Gasteiger partial charge in [0.05, 0.1) is 5.56 Å². The molecule has 0 radical (unpaired) electrons. The normalized spacial score (nSPS) is 9.77. The second-order valence-electron chi connectivity index (χ2n) is 2.71. The van der Waals surface area contributed by atoms with Gasteiger partial charge in [0.25, 0.3) is 0 Å². The van der Waals surface area contributed by atoms with Gasteiger partial charge in [-0.15, -0.1) is 0 Å². The zero-order valence-electron chi connectivity index (χ0n) is 7.10. The third-order valence-electron chi connectivity index (χ3n) is 1.58. The molecule has 1 aromatic rings. The number of rotatable bonds is 2. The Labute approximate surface area is 74.7 Å². The van der Waals surface area contributed by atoms with Gasteiger partial charge in [-0.3, -0.25) is 4.79 Å². The fourth-order valence-electron chi connectivity index (χ4n) is 0.928. The fourth-order valence-corrected chi connectivity index (χ4v) is 0.928. The van der Waals surface area contributed by atoms with Gasteiger partial charge in [0.1, 0.15) is 11.6 Å². The van der Waals surface area contributed by atoms with E-state index in [2.05, 4.69) is 6.58 Å². The van der Waals surface area contributed by atoms with Gasteiger partial charge < -0.3 is 0 Å². The van der Waals surface area contributed by atoms with E-state index in [-0.39, 0.29) is 5.57 Å². The lowest BCUT2D eigenvalue weighted by Crippen LogP contribution is -2.06. The van der Waals surface area contributed by atoms with E-state index < -0.39 is 23.0 Å². The average molecular weight is 182 g/mol.